The third-order valence-corrected chi connectivity index (χ3v) is 1.92. The molecule has 0 radical (unpaired) electrons. The predicted molar refractivity (Wildman–Crippen MR) is 61.8 cm³/mol. The number of amides is 2. The van der Waals surface area contributed by atoms with Crippen molar-refractivity contribution in [2.45, 2.75) is 6.92 Å². The number of carboxylic acid groups (broad SMARTS) is 1. The second kappa shape index (κ2) is 5.02. The Morgan fingerprint density at radius 2 is 2.00 bits per heavy atom. The summed E-state index contributed by atoms with van der Waals surface area (Å²) < 4.78 is 0. The second-order valence-corrected chi connectivity index (χ2v) is 3.38. The van der Waals surface area contributed by atoms with Gasteiger partial charge in [-0.1, -0.05) is 12.6 Å². The number of urea groups is 1. The van der Waals surface area contributed by atoms with Crippen LogP contribution in [0.5, 0.6) is 5.75 Å². The van der Waals surface area contributed by atoms with Crippen LogP contribution in [0.15, 0.2) is 30.5 Å². The fourth-order valence-electron chi connectivity index (χ4n) is 1.09. The third kappa shape index (κ3) is 3.53. The number of nitrogens with one attached hydrogen (secondary N) is 2. The smallest absolute Gasteiger partial charge is 0.351 e. The molecule has 17 heavy (non-hydrogen) atoms. The van der Waals surface area contributed by atoms with Gasteiger partial charge < -0.3 is 20.8 Å². The van der Waals surface area contributed by atoms with Crippen LogP contribution >= 0.6 is 0 Å². The third-order valence-electron chi connectivity index (χ3n) is 1.92. The normalized spacial score (nSPS) is 9.47. The van der Waals surface area contributed by atoms with Crippen molar-refractivity contribution in [3.05, 3.63) is 36.0 Å². The highest BCUT2D eigenvalue weighted by atomic mass is 16.4. The van der Waals surface area contributed by atoms with Gasteiger partial charge in [0.05, 0.1) is 5.69 Å². The highest BCUT2D eigenvalue weighted by Gasteiger charge is 2.10. The Kier molecular flexibility index (Phi) is 3.71. The van der Waals surface area contributed by atoms with Gasteiger partial charge in [-0.15, -0.1) is 0 Å². The number of hydrogen-bond acceptors (Lipinski definition) is 3. The molecule has 0 aliphatic heterocycles. The predicted octanol–water partition coefficient (Wildman–Crippen LogP) is 1.42. The highest BCUT2D eigenvalue weighted by molar-refractivity contribution is 5.97. The summed E-state index contributed by atoms with van der Waals surface area (Å²) in [6.45, 7) is 4.93. The quantitative estimate of drug-likeness (QED) is 0.471. The van der Waals surface area contributed by atoms with Gasteiger partial charge in [-0.05, 0) is 24.6 Å². The lowest BCUT2D eigenvalue weighted by Crippen LogP contribution is -2.30. The monoisotopic (exact) mass is 236 g/mol. The zero-order chi connectivity index (χ0) is 13.0. The molecule has 1 aromatic carbocycles. The van der Waals surface area contributed by atoms with E-state index in [0.717, 1.165) is 5.56 Å². The standard InChI is InChI=1S/C11H12N2O4/c1-6-3-4-9(14)8(5-6)13-11(17)12-7(2)10(15)16/h3-5,14H,2H2,1H3,(H,15,16)(H2,12,13,17). The lowest BCUT2D eigenvalue weighted by molar-refractivity contribution is -0.132. The van der Waals surface area contributed by atoms with Crippen LogP contribution in [-0.4, -0.2) is 22.2 Å². The average molecular weight is 236 g/mol. The Balaban J connectivity index is 2.71. The molecule has 0 heterocycles. The molecule has 6 nitrogen and oxygen atoms in total. The highest BCUT2D eigenvalue weighted by Crippen LogP contribution is 2.23. The van der Waals surface area contributed by atoms with Crippen LogP contribution in [0.25, 0.3) is 0 Å². The molecule has 0 fully saturated rings. The summed E-state index contributed by atoms with van der Waals surface area (Å²) in [5.74, 6) is -1.43. The molecule has 0 aromatic heterocycles. The van der Waals surface area contributed by atoms with Crippen LogP contribution in [0.2, 0.25) is 0 Å². The number of carboxylic acids is 1. The lowest BCUT2D eigenvalue weighted by Gasteiger charge is -2.09. The topological polar surface area (TPSA) is 98.7 Å². The van der Waals surface area contributed by atoms with Crippen molar-refractivity contribution in [2.24, 2.45) is 0 Å². The summed E-state index contributed by atoms with van der Waals surface area (Å²) in [6, 6.07) is 3.88. The molecule has 2 amide bonds. The molecule has 0 atom stereocenters. The van der Waals surface area contributed by atoms with Gasteiger partial charge in [0, 0.05) is 0 Å². The Hall–Kier alpha value is -2.50. The van der Waals surface area contributed by atoms with Crippen molar-refractivity contribution in [1.29, 1.82) is 0 Å². The summed E-state index contributed by atoms with van der Waals surface area (Å²) in [6.07, 6.45) is 0. The Bertz CT molecular complexity index is 482. The molecule has 1 rings (SSSR count). The second-order valence-electron chi connectivity index (χ2n) is 3.38. The number of anilines is 1. The number of phenolic OH excluding ortho intramolecular Hbond substituents is 1. The largest absolute Gasteiger partial charge is 0.506 e. The number of rotatable bonds is 3. The van der Waals surface area contributed by atoms with E-state index in [1.54, 1.807) is 19.1 Å². The summed E-state index contributed by atoms with van der Waals surface area (Å²) in [7, 11) is 0. The van der Waals surface area contributed by atoms with Gasteiger partial charge in [0.25, 0.3) is 0 Å². The van der Waals surface area contributed by atoms with E-state index >= 15 is 0 Å². The minimum absolute atomic E-state index is 0.105. The molecule has 4 N–H and O–H groups in total. The molecule has 0 bridgehead atoms. The average Bonchev–Trinajstić information content (AvgIpc) is 2.23. The van der Waals surface area contributed by atoms with Gasteiger partial charge in [-0.3, -0.25) is 0 Å². The summed E-state index contributed by atoms with van der Waals surface area (Å²) >= 11 is 0. The maximum atomic E-state index is 11.3. The molecular formula is C11H12N2O4. The number of aryl methyl sites for hydroxylation is 1. The Labute approximate surface area is 97.6 Å². The minimum atomic E-state index is -1.33. The first-order chi connectivity index (χ1) is 7.90. The van der Waals surface area contributed by atoms with E-state index in [9.17, 15) is 14.7 Å². The molecule has 0 saturated heterocycles. The van der Waals surface area contributed by atoms with E-state index in [-0.39, 0.29) is 11.4 Å². The van der Waals surface area contributed by atoms with E-state index < -0.39 is 17.7 Å². The Morgan fingerprint density at radius 3 is 2.59 bits per heavy atom. The molecule has 90 valence electrons. The maximum absolute atomic E-state index is 11.3. The number of carbonyl (C=O) groups excluding carboxylic acids is 1. The molecule has 0 spiro atoms. The summed E-state index contributed by atoms with van der Waals surface area (Å²) in [5, 5.41) is 22.3. The molecule has 0 aliphatic rings. The number of aliphatic carboxylic acids is 1. The van der Waals surface area contributed by atoms with E-state index in [1.807, 2.05) is 5.32 Å². The van der Waals surface area contributed by atoms with E-state index in [1.165, 1.54) is 6.07 Å². The van der Waals surface area contributed by atoms with Crippen molar-refractivity contribution >= 4 is 17.7 Å². The fraction of sp³-hybridized carbons (Fsp3) is 0.0909. The van der Waals surface area contributed by atoms with Crippen LogP contribution in [0, 0.1) is 6.92 Å². The molecule has 0 unspecified atom stereocenters. The van der Waals surface area contributed by atoms with Crippen molar-refractivity contribution < 1.29 is 19.8 Å². The van der Waals surface area contributed by atoms with Crippen LogP contribution < -0.4 is 10.6 Å². The zero-order valence-electron chi connectivity index (χ0n) is 9.15. The first kappa shape index (κ1) is 12.6. The zero-order valence-corrected chi connectivity index (χ0v) is 9.15. The molecule has 6 heteroatoms. The SMILES string of the molecule is C=C(NC(=O)Nc1cc(C)ccc1O)C(=O)O. The number of carbonyl (C=O) groups is 2. The van der Waals surface area contributed by atoms with E-state index in [4.69, 9.17) is 5.11 Å². The first-order valence-corrected chi connectivity index (χ1v) is 4.70. The van der Waals surface area contributed by atoms with Crippen molar-refractivity contribution in [1.82, 2.24) is 5.32 Å². The van der Waals surface area contributed by atoms with Gasteiger partial charge >= 0.3 is 12.0 Å². The van der Waals surface area contributed by atoms with Gasteiger partial charge in [0.2, 0.25) is 0 Å². The van der Waals surface area contributed by atoms with Crippen molar-refractivity contribution in [2.75, 3.05) is 5.32 Å². The van der Waals surface area contributed by atoms with E-state index in [2.05, 4.69) is 11.9 Å². The maximum Gasteiger partial charge on any atom is 0.351 e. The summed E-state index contributed by atoms with van der Waals surface area (Å²) in [4.78, 5) is 21.8. The molecular weight excluding hydrogens is 224 g/mol. The summed E-state index contributed by atoms with van der Waals surface area (Å²) in [5.41, 5.74) is 0.588. The first-order valence-electron chi connectivity index (χ1n) is 4.70. The fourth-order valence-corrected chi connectivity index (χ4v) is 1.09. The van der Waals surface area contributed by atoms with Gasteiger partial charge in [-0.25, -0.2) is 9.59 Å². The molecule has 0 aliphatic carbocycles. The van der Waals surface area contributed by atoms with Gasteiger partial charge in [-0.2, -0.15) is 0 Å². The van der Waals surface area contributed by atoms with Crippen LogP contribution in [0.1, 0.15) is 5.56 Å². The van der Waals surface area contributed by atoms with Crippen molar-refractivity contribution in [3.8, 4) is 5.75 Å². The van der Waals surface area contributed by atoms with Crippen LogP contribution in [0.4, 0.5) is 10.5 Å². The lowest BCUT2D eigenvalue weighted by atomic mass is 10.2. The van der Waals surface area contributed by atoms with Gasteiger partial charge in [0.1, 0.15) is 11.4 Å². The van der Waals surface area contributed by atoms with Gasteiger partial charge in [0.15, 0.2) is 0 Å². The van der Waals surface area contributed by atoms with Crippen LogP contribution in [0.3, 0.4) is 0 Å². The molecule has 0 saturated carbocycles. The minimum Gasteiger partial charge on any atom is -0.506 e. The number of phenols is 1. The number of benzene rings is 1. The van der Waals surface area contributed by atoms with Crippen molar-refractivity contribution in [3.63, 3.8) is 0 Å². The van der Waals surface area contributed by atoms with Crippen LogP contribution in [-0.2, 0) is 4.79 Å². The molecule has 1 aromatic rings. The van der Waals surface area contributed by atoms with E-state index in [0.29, 0.717) is 0 Å². The number of aromatic hydroxyl groups is 1. The number of hydrogen-bond donors (Lipinski definition) is 4. The Morgan fingerprint density at radius 1 is 1.35 bits per heavy atom.